The number of aromatic amines is 1. The Balaban J connectivity index is 2.02. The van der Waals surface area contributed by atoms with Gasteiger partial charge in [-0.1, -0.05) is 19.8 Å². The summed E-state index contributed by atoms with van der Waals surface area (Å²) >= 11 is 0. The maximum Gasteiger partial charge on any atom is 0.311 e. The number of benzene rings is 1. The van der Waals surface area contributed by atoms with Gasteiger partial charge < -0.3 is 15.5 Å². The van der Waals surface area contributed by atoms with Crippen molar-refractivity contribution in [3.8, 4) is 5.75 Å². The summed E-state index contributed by atoms with van der Waals surface area (Å²) in [6, 6.07) is 7.55. The highest BCUT2D eigenvalue weighted by atomic mass is 16.5. The highest BCUT2D eigenvalue weighted by Crippen LogP contribution is 2.22. The first-order chi connectivity index (χ1) is 9.22. The molecule has 0 aliphatic carbocycles. The fraction of sp³-hybridized carbons (Fsp3) is 0.400. The van der Waals surface area contributed by atoms with Gasteiger partial charge in [0.25, 0.3) is 0 Å². The smallest absolute Gasteiger partial charge is 0.311 e. The molecule has 0 aliphatic rings. The molecule has 0 bridgehead atoms. The highest BCUT2D eigenvalue weighted by molar-refractivity contribution is 5.83. The minimum atomic E-state index is -0.164. The summed E-state index contributed by atoms with van der Waals surface area (Å²) in [4.78, 5) is 14.8. The Labute approximate surface area is 112 Å². The van der Waals surface area contributed by atoms with Crippen LogP contribution in [0.4, 0.5) is 0 Å². The summed E-state index contributed by atoms with van der Waals surface area (Å²) < 4.78 is 5.33. The van der Waals surface area contributed by atoms with E-state index in [9.17, 15) is 4.79 Å². The van der Waals surface area contributed by atoms with E-state index in [1.165, 1.54) is 0 Å². The first-order valence-corrected chi connectivity index (χ1v) is 6.75. The zero-order valence-electron chi connectivity index (χ0n) is 11.2. The molecule has 19 heavy (non-hydrogen) atoms. The number of aromatic nitrogens is 1. The third kappa shape index (κ3) is 3.58. The lowest BCUT2D eigenvalue weighted by Crippen LogP contribution is -2.07. The molecule has 0 atom stereocenters. The van der Waals surface area contributed by atoms with Gasteiger partial charge in [-0.2, -0.15) is 0 Å². The minimum absolute atomic E-state index is 0.164. The highest BCUT2D eigenvalue weighted by Gasteiger charge is 2.06. The van der Waals surface area contributed by atoms with Crippen LogP contribution in [0.1, 0.15) is 38.3 Å². The van der Waals surface area contributed by atoms with Crippen LogP contribution in [0.25, 0.3) is 10.9 Å². The van der Waals surface area contributed by atoms with Gasteiger partial charge in [0, 0.05) is 29.6 Å². The summed E-state index contributed by atoms with van der Waals surface area (Å²) in [5.41, 5.74) is 7.56. The van der Waals surface area contributed by atoms with Gasteiger partial charge in [0.05, 0.1) is 0 Å². The van der Waals surface area contributed by atoms with Crippen molar-refractivity contribution in [2.24, 2.45) is 5.73 Å². The number of fused-ring (bicyclic) bond motifs is 1. The Morgan fingerprint density at radius 3 is 2.89 bits per heavy atom. The average molecular weight is 260 g/mol. The molecule has 4 nitrogen and oxygen atoms in total. The van der Waals surface area contributed by atoms with E-state index in [1.807, 2.05) is 18.2 Å². The molecular formula is C15H20N2O2. The topological polar surface area (TPSA) is 68.1 Å². The number of carbonyl (C=O) groups is 1. The molecular weight excluding hydrogens is 240 g/mol. The molecule has 0 fully saturated rings. The van der Waals surface area contributed by atoms with Gasteiger partial charge in [-0.3, -0.25) is 4.79 Å². The van der Waals surface area contributed by atoms with Crippen molar-refractivity contribution >= 4 is 16.9 Å². The van der Waals surface area contributed by atoms with Gasteiger partial charge in [-0.25, -0.2) is 0 Å². The van der Waals surface area contributed by atoms with Crippen LogP contribution < -0.4 is 10.5 Å². The van der Waals surface area contributed by atoms with Crippen LogP contribution in [0.2, 0.25) is 0 Å². The molecule has 0 radical (unpaired) electrons. The number of hydrogen-bond acceptors (Lipinski definition) is 3. The van der Waals surface area contributed by atoms with Crippen molar-refractivity contribution in [3.05, 3.63) is 30.0 Å². The molecule has 0 spiro atoms. The second kappa shape index (κ2) is 6.38. The molecule has 3 N–H and O–H groups in total. The van der Waals surface area contributed by atoms with Crippen molar-refractivity contribution in [1.29, 1.82) is 0 Å². The number of nitrogens with two attached hydrogens (primary N) is 1. The van der Waals surface area contributed by atoms with Gasteiger partial charge in [0.2, 0.25) is 0 Å². The predicted molar refractivity (Wildman–Crippen MR) is 76.0 cm³/mol. The molecule has 2 rings (SSSR count). The van der Waals surface area contributed by atoms with E-state index in [2.05, 4.69) is 11.9 Å². The number of nitrogens with one attached hydrogen (secondary N) is 1. The predicted octanol–water partition coefficient (Wildman–Crippen LogP) is 3.11. The second-order valence-corrected chi connectivity index (χ2v) is 4.68. The standard InChI is InChI=1S/C15H20N2O2/c1-2-3-4-5-15(18)19-13-6-7-14-11(9-13)8-12(10-16)17-14/h6-9,17H,2-5,10,16H2,1H3. The summed E-state index contributed by atoms with van der Waals surface area (Å²) in [5, 5.41) is 1.01. The van der Waals surface area contributed by atoms with Crippen molar-refractivity contribution in [2.75, 3.05) is 0 Å². The lowest BCUT2D eigenvalue weighted by atomic mass is 10.2. The molecule has 2 aromatic rings. The monoisotopic (exact) mass is 260 g/mol. The molecule has 0 amide bonds. The fourth-order valence-electron chi connectivity index (χ4n) is 2.05. The number of esters is 1. The van der Waals surface area contributed by atoms with Crippen LogP contribution in [0.3, 0.4) is 0 Å². The largest absolute Gasteiger partial charge is 0.427 e. The average Bonchev–Trinajstić information content (AvgIpc) is 2.81. The van der Waals surface area contributed by atoms with Gasteiger partial charge in [-0.05, 0) is 30.7 Å². The number of carbonyl (C=O) groups excluding carboxylic acids is 1. The Kier molecular flexibility index (Phi) is 4.58. The molecule has 0 aliphatic heterocycles. The third-order valence-electron chi connectivity index (χ3n) is 3.08. The SMILES string of the molecule is CCCCCC(=O)Oc1ccc2[nH]c(CN)cc2c1. The fourth-order valence-corrected chi connectivity index (χ4v) is 2.05. The Morgan fingerprint density at radius 1 is 1.32 bits per heavy atom. The zero-order chi connectivity index (χ0) is 13.7. The molecule has 0 saturated carbocycles. The second-order valence-electron chi connectivity index (χ2n) is 4.68. The quantitative estimate of drug-likeness (QED) is 0.476. The summed E-state index contributed by atoms with van der Waals surface area (Å²) in [6.45, 7) is 2.58. The number of unbranched alkanes of at least 4 members (excludes halogenated alkanes) is 2. The lowest BCUT2D eigenvalue weighted by molar-refractivity contribution is -0.134. The van der Waals surface area contributed by atoms with Crippen molar-refractivity contribution in [3.63, 3.8) is 0 Å². The van der Waals surface area contributed by atoms with E-state index in [0.717, 1.165) is 35.9 Å². The number of rotatable bonds is 6. The van der Waals surface area contributed by atoms with Crippen LogP contribution >= 0.6 is 0 Å². The maximum atomic E-state index is 11.6. The van der Waals surface area contributed by atoms with Crippen LogP contribution in [0, 0.1) is 0 Å². The summed E-state index contributed by atoms with van der Waals surface area (Å²) in [6.07, 6.45) is 3.53. The molecule has 102 valence electrons. The van der Waals surface area contributed by atoms with E-state index < -0.39 is 0 Å². The molecule has 0 unspecified atom stereocenters. The number of ether oxygens (including phenoxy) is 1. The van der Waals surface area contributed by atoms with Crippen LogP contribution in [-0.4, -0.2) is 11.0 Å². The van der Waals surface area contributed by atoms with Gasteiger partial charge in [0.15, 0.2) is 0 Å². The molecule has 1 aromatic carbocycles. The molecule has 1 heterocycles. The first-order valence-electron chi connectivity index (χ1n) is 6.75. The zero-order valence-corrected chi connectivity index (χ0v) is 11.2. The summed E-state index contributed by atoms with van der Waals surface area (Å²) in [5.74, 6) is 0.430. The van der Waals surface area contributed by atoms with Crippen LogP contribution in [0.15, 0.2) is 24.3 Å². The van der Waals surface area contributed by atoms with E-state index in [4.69, 9.17) is 10.5 Å². The van der Waals surface area contributed by atoms with Crippen molar-refractivity contribution < 1.29 is 9.53 Å². The molecule has 0 saturated heterocycles. The van der Waals surface area contributed by atoms with Crippen LogP contribution in [0.5, 0.6) is 5.75 Å². The Morgan fingerprint density at radius 2 is 2.16 bits per heavy atom. The summed E-state index contributed by atoms with van der Waals surface area (Å²) in [7, 11) is 0. The first kappa shape index (κ1) is 13.6. The third-order valence-corrected chi connectivity index (χ3v) is 3.08. The van der Waals surface area contributed by atoms with Gasteiger partial charge in [0.1, 0.15) is 5.75 Å². The van der Waals surface area contributed by atoms with E-state index >= 15 is 0 Å². The Bertz CT molecular complexity index is 560. The van der Waals surface area contributed by atoms with Gasteiger partial charge in [-0.15, -0.1) is 0 Å². The van der Waals surface area contributed by atoms with Crippen molar-refractivity contribution in [2.45, 2.75) is 39.2 Å². The molecule has 4 heteroatoms. The normalized spacial score (nSPS) is 10.8. The van der Waals surface area contributed by atoms with Gasteiger partial charge >= 0.3 is 5.97 Å². The number of H-pyrrole nitrogens is 1. The number of hydrogen-bond donors (Lipinski definition) is 2. The lowest BCUT2D eigenvalue weighted by Gasteiger charge is -2.04. The van der Waals surface area contributed by atoms with E-state index in [0.29, 0.717) is 18.7 Å². The van der Waals surface area contributed by atoms with E-state index in [-0.39, 0.29) is 5.97 Å². The molecule has 1 aromatic heterocycles. The van der Waals surface area contributed by atoms with E-state index in [1.54, 1.807) is 6.07 Å². The minimum Gasteiger partial charge on any atom is -0.427 e. The Hall–Kier alpha value is -1.81. The van der Waals surface area contributed by atoms with Crippen LogP contribution in [-0.2, 0) is 11.3 Å². The maximum absolute atomic E-state index is 11.6. The van der Waals surface area contributed by atoms with Crippen molar-refractivity contribution in [1.82, 2.24) is 4.98 Å².